The number of nitrogens with zero attached hydrogens (tertiary/aromatic N) is 2. The molecule has 30 heavy (non-hydrogen) atoms. The number of hydrogen-bond acceptors (Lipinski definition) is 5. The normalized spacial score (nSPS) is 22.9. The number of carbonyl (C=O) groups is 1. The molecular weight excluding hydrogens is 379 g/mol. The van der Waals surface area contributed by atoms with E-state index in [-0.39, 0.29) is 17.3 Å². The molecule has 0 spiro atoms. The Morgan fingerprint density at radius 1 is 1.07 bits per heavy atom. The van der Waals surface area contributed by atoms with Crippen LogP contribution in [0.1, 0.15) is 55.4 Å². The highest BCUT2D eigenvalue weighted by Gasteiger charge is 2.51. The molecule has 0 N–H and O–H groups in total. The largest absolute Gasteiger partial charge is 0.494 e. The molecule has 2 fully saturated rings. The summed E-state index contributed by atoms with van der Waals surface area (Å²) in [7, 11) is -0.408. The van der Waals surface area contributed by atoms with Crippen molar-refractivity contribution in [3.05, 3.63) is 35.9 Å². The maximum Gasteiger partial charge on any atom is 0.494 e. The monoisotopic (exact) mass is 418 g/mol. The zero-order valence-corrected chi connectivity index (χ0v) is 20.1. The van der Waals surface area contributed by atoms with Gasteiger partial charge in [-0.15, -0.1) is 0 Å². The van der Waals surface area contributed by atoms with E-state index >= 15 is 0 Å². The van der Waals surface area contributed by atoms with Crippen LogP contribution in [0, 0.1) is 0 Å². The van der Waals surface area contributed by atoms with Crippen LogP contribution in [-0.4, -0.2) is 72.5 Å². The van der Waals surface area contributed by atoms with E-state index in [9.17, 15) is 4.79 Å². The molecule has 0 unspecified atom stereocenters. The Balaban J connectivity index is 1.89. The lowest BCUT2D eigenvalue weighted by Crippen LogP contribution is -2.50. The van der Waals surface area contributed by atoms with E-state index in [1.807, 2.05) is 54.5 Å². The van der Waals surface area contributed by atoms with Gasteiger partial charge in [-0.3, -0.25) is 4.90 Å². The average molecular weight is 418 g/mol. The molecule has 2 saturated heterocycles. The lowest BCUT2D eigenvalue weighted by molar-refractivity contribution is 0.00578. The molecular formula is C23H39BN2O4. The van der Waals surface area contributed by atoms with E-state index in [1.54, 1.807) is 11.0 Å². The van der Waals surface area contributed by atoms with Gasteiger partial charge in [0.2, 0.25) is 0 Å². The molecule has 7 heteroatoms. The fourth-order valence-electron chi connectivity index (χ4n) is 3.28. The maximum atomic E-state index is 12.2. The van der Waals surface area contributed by atoms with Crippen LogP contribution in [0.4, 0.5) is 4.79 Å². The topological polar surface area (TPSA) is 51.2 Å². The Bertz CT molecular complexity index is 682. The number of rotatable bonds is 5. The van der Waals surface area contributed by atoms with Gasteiger partial charge in [0.25, 0.3) is 0 Å². The maximum absolute atomic E-state index is 12.2. The fourth-order valence-corrected chi connectivity index (χ4v) is 3.28. The Morgan fingerprint density at radius 3 is 2.07 bits per heavy atom. The molecule has 0 aliphatic carbocycles. The van der Waals surface area contributed by atoms with E-state index < -0.39 is 12.7 Å². The highest BCUT2D eigenvalue weighted by Crippen LogP contribution is 2.38. The van der Waals surface area contributed by atoms with Crippen molar-refractivity contribution in [3.63, 3.8) is 0 Å². The van der Waals surface area contributed by atoms with Gasteiger partial charge in [0.05, 0.1) is 11.2 Å². The Labute approximate surface area is 183 Å². The molecule has 0 radical (unpaired) electrons. The summed E-state index contributed by atoms with van der Waals surface area (Å²) in [5, 5.41) is 0. The quantitative estimate of drug-likeness (QED) is 0.494. The molecule has 0 bridgehead atoms. The highest BCUT2D eigenvalue weighted by molar-refractivity contribution is 6.55. The van der Waals surface area contributed by atoms with Crippen LogP contribution >= 0.6 is 0 Å². The molecule has 168 valence electrons. The second-order valence-corrected chi connectivity index (χ2v) is 10.2. The standard InChI is InChI=1S/C23H39BN2O4/c1-10-19(24-29-22(6,7)23(8,9)30-24)12-11-18(2)17-25-13-15-26(16-14-25)20(27)28-21(3,4)5/h10-12H,1,13-17H2,2-9H3/b18-11+,19-12+. The summed E-state index contributed by atoms with van der Waals surface area (Å²) in [6.45, 7) is 23.8. The van der Waals surface area contributed by atoms with Crippen LogP contribution in [0.3, 0.4) is 0 Å². The summed E-state index contributed by atoms with van der Waals surface area (Å²) >= 11 is 0. The number of hydrogen-bond donors (Lipinski definition) is 0. The molecule has 0 saturated carbocycles. The van der Waals surface area contributed by atoms with Crippen LogP contribution in [0.25, 0.3) is 0 Å². The Morgan fingerprint density at radius 2 is 1.60 bits per heavy atom. The average Bonchev–Trinajstić information content (AvgIpc) is 2.82. The van der Waals surface area contributed by atoms with Gasteiger partial charge >= 0.3 is 13.2 Å². The van der Waals surface area contributed by atoms with Crippen molar-refractivity contribution in [2.24, 2.45) is 0 Å². The lowest BCUT2D eigenvalue weighted by atomic mass is 9.78. The molecule has 0 atom stereocenters. The van der Waals surface area contributed by atoms with Crippen LogP contribution < -0.4 is 0 Å². The van der Waals surface area contributed by atoms with Crippen molar-refractivity contribution < 1.29 is 18.8 Å². The first-order valence-corrected chi connectivity index (χ1v) is 10.8. The first-order valence-electron chi connectivity index (χ1n) is 10.8. The molecule has 0 aromatic heterocycles. The number of amides is 1. The zero-order chi connectivity index (χ0) is 22.7. The summed E-state index contributed by atoms with van der Waals surface area (Å²) in [5.74, 6) is 0. The van der Waals surface area contributed by atoms with Crippen molar-refractivity contribution in [1.82, 2.24) is 9.80 Å². The van der Waals surface area contributed by atoms with Crippen molar-refractivity contribution in [3.8, 4) is 0 Å². The summed E-state index contributed by atoms with van der Waals surface area (Å²) in [6, 6.07) is 0. The summed E-state index contributed by atoms with van der Waals surface area (Å²) < 4.78 is 17.7. The highest BCUT2D eigenvalue weighted by atomic mass is 16.7. The van der Waals surface area contributed by atoms with E-state index in [4.69, 9.17) is 14.0 Å². The van der Waals surface area contributed by atoms with Gasteiger partial charge < -0.3 is 18.9 Å². The number of piperazine rings is 1. The number of allylic oxidation sites excluding steroid dienone is 4. The van der Waals surface area contributed by atoms with E-state index in [0.29, 0.717) is 13.1 Å². The minimum absolute atomic E-state index is 0.226. The van der Waals surface area contributed by atoms with Gasteiger partial charge in [0.1, 0.15) is 5.60 Å². The van der Waals surface area contributed by atoms with E-state index in [0.717, 1.165) is 25.1 Å². The van der Waals surface area contributed by atoms with E-state index in [2.05, 4.69) is 24.5 Å². The zero-order valence-electron chi connectivity index (χ0n) is 20.1. The van der Waals surface area contributed by atoms with Crippen molar-refractivity contribution in [2.75, 3.05) is 32.7 Å². The summed E-state index contributed by atoms with van der Waals surface area (Å²) in [5.41, 5.74) is 0.956. The van der Waals surface area contributed by atoms with Gasteiger partial charge in [-0.25, -0.2) is 4.79 Å². The molecule has 2 heterocycles. The van der Waals surface area contributed by atoms with Crippen LogP contribution in [0.2, 0.25) is 0 Å². The molecule has 6 nitrogen and oxygen atoms in total. The second kappa shape index (κ2) is 9.29. The summed E-state index contributed by atoms with van der Waals surface area (Å²) in [4.78, 5) is 16.3. The minimum Gasteiger partial charge on any atom is -0.444 e. The van der Waals surface area contributed by atoms with Crippen LogP contribution in [0.15, 0.2) is 35.9 Å². The molecule has 2 aliphatic rings. The van der Waals surface area contributed by atoms with E-state index in [1.165, 1.54) is 5.57 Å². The number of ether oxygens (including phenoxy) is 1. The molecule has 0 aromatic rings. The lowest BCUT2D eigenvalue weighted by Gasteiger charge is -2.35. The fraction of sp³-hybridized carbons (Fsp3) is 0.696. The third-order valence-corrected chi connectivity index (χ3v) is 5.82. The molecule has 1 amide bonds. The van der Waals surface area contributed by atoms with Gasteiger partial charge in [-0.05, 0) is 60.9 Å². The van der Waals surface area contributed by atoms with Crippen LogP contribution in [0.5, 0.6) is 0 Å². The molecule has 2 rings (SSSR count). The SMILES string of the molecule is C=C/C(=C\C=C(/C)CN1CCN(C(=O)OC(C)(C)C)CC1)B1OC(C)(C)C(C)(C)O1. The first kappa shape index (κ1) is 24.7. The molecule has 0 aromatic carbocycles. The Hall–Kier alpha value is -1.57. The molecule has 2 aliphatic heterocycles. The van der Waals surface area contributed by atoms with Crippen molar-refractivity contribution in [2.45, 2.75) is 72.2 Å². The van der Waals surface area contributed by atoms with Gasteiger partial charge in [0, 0.05) is 32.7 Å². The Kier molecular flexibility index (Phi) is 7.65. The van der Waals surface area contributed by atoms with Gasteiger partial charge in [-0.2, -0.15) is 0 Å². The minimum atomic E-state index is -0.458. The predicted octanol–water partition coefficient (Wildman–Crippen LogP) is 4.23. The summed E-state index contributed by atoms with van der Waals surface area (Å²) in [6.07, 6.45) is 5.70. The second-order valence-electron chi connectivity index (χ2n) is 10.2. The third kappa shape index (κ3) is 6.46. The van der Waals surface area contributed by atoms with Gasteiger partial charge in [-0.1, -0.05) is 30.4 Å². The number of carbonyl (C=O) groups excluding carboxylic acids is 1. The van der Waals surface area contributed by atoms with Crippen molar-refractivity contribution >= 4 is 13.2 Å². The first-order chi connectivity index (χ1) is 13.7. The smallest absolute Gasteiger partial charge is 0.444 e. The van der Waals surface area contributed by atoms with Crippen molar-refractivity contribution in [1.29, 1.82) is 0 Å². The predicted molar refractivity (Wildman–Crippen MR) is 122 cm³/mol. The third-order valence-electron chi connectivity index (χ3n) is 5.82. The van der Waals surface area contributed by atoms with Gasteiger partial charge in [0.15, 0.2) is 0 Å². The van der Waals surface area contributed by atoms with Crippen LogP contribution in [-0.2, 0) is 14.0 Å².